The maximum absolute atomic E-state index is 9.19. The molecule has 1 nitrogen and oxygen atoms in total. The number of aliphatic hydroxyl groups excluding tert-OH is 1. The van der Waals surface area contributed by atoms with Crippen molar-refractivity contribution in [3.8, 4) is 0 Å². The zero-order valence-electron chi connectivity index (χ0n) is 7.04. The molecular formula is C10H14O. The lowest BCUT2D eigenvalue weighted by Gasteiger charge is -2.04. The predicted molar refractivity (Wildman–Crippen MR) is 46.5 cm³/mol. The van der Waals surface area contributed by atoms with E-state index in [4.69, 9.17) is 0 Å². The molecule has 1 atom stereocenters. The predicted octanol–water partition coefficient (Wildman–Crippen LogP) is 2.30. The standard InChI is InChI=1S/C10H14O/c1-3-9-4-6-10(7-5-9)8(2)11/h4-8,11H,3H2,1-2H3/t8-/m0/s1. The Kier molecular flexibility index (Phi) is 2.66. The van der Waals surface area contributed by atoms with Gasteiger partial charge in [0.2, 0.25) is 0 Å². The lowest BCUT2D eigenvalue weighted by atomic mass is 10.1. The quantitative estimate of drug-likeness (QED) is 0.685. The first-order valence-electron chi connectivity index (χ1n) is 4.01. The Morgan fingerprint density at radius 1 is 1.27 bits per heavy atom. The van der Waals surface area contributed by atoms with Crippen molar-refractivity contribution < 1.29 is 5.11 Å². The molecule has 0 amide bonds. The third kappa shape index (κ3) is 2.05. The van der Waals surface area contributed by atoms with Crippen LogP contribution in [0.3, 0.4) is 0 Å². The molecule has 0 fully saturated rings. The van der Waals surface area contributed by atoms with Crippen molar-refractivity contribution in [2.75, 3.05) is 0 Å². The van der Waals surface area contributed by atoms with Gasteiger partial charge < -0.3 is 5.11 Å². The molecule has 0 unspecified atom stereocenters. The van der Waals surface area contributed by atoms with Crippen LogP contribution in [0.5, 0.6) is 0 Å². The van der Waals surface area contributed by atoms with Crippen LogP contribution in [0, 0.1) is 0 Å². The summed E-state index contributed by atoms with van der Waals surface area (Å²) in [6.07, 6.45) is 0.709. The summed E-state index contributed by atoms with van der Waals surface area (Å²) in [5, 5.41) is 9.19. The molecule has 0 aliphatic rings. The summed E-state index contributed by atoms with van der Waals surface area (Å²) in [6.45, 7) is 3.90. The minimum absolute atomic E-state index is 0.346. The Bertz CT molecular complexity index is 211. The minimum Gasteiger partial charge on any atom is -0.389 e. The van der Waals surface area contributed by atoms with Gasteiger partial charge in [-0.2, -0.15) is 0 Å². The molecule has 1 aromatic carbocycles. The molecular weight excluding hydrogens is 136 g/mol. The van der Waals surface area contributed by atoms with E-state index in [1.807, 2.05) is 12.1 Å². The molecule has 0 aliphatic carbocycles. The molecule has 1 rings (SSSR count). The van der Waals surface area contributed by atoms with Crippen LogP contribution in [0.2, 0.25) is 0 Å². The van der Waals surface area contributed by atoms with Crippen LogP contribution in [0.4, 0.5) is 0 Å². The van der Waals surface area contributed by atoms with E-state index >= 15 is 0 Å². The molecule has 1 N–H and O–H groups in total. The van der Waals surface area contributed by atoms with Crippen molar-refractivity contribution in [1.82, 2.24) is 0 Å². The van der Waals surface area contributed by atoms with Gasteiger partial charge in [-0.1, -0.05) is 31.2 Å². The zero-order valence-corrected chi connectivity index (χ0v) is 7.04. The highest BCUT2D eigenvalue weighted by Gasteiger charge is 1.98. The maximum Gasteiger partial charge on any atom is 0.0761 e. The molecule has 0 aromatic heterocycles. The molecule has 1 heteroatoms. The molecule has 0 bridgehead atoms. The summed E-state index contributed by atoms with van der Waals surface area (Å²) < 4.78 is 0. The van der Waals surface area contributed by atoms with Gasteiger partial charge in [-0.05, 0) is 24.5 Å². The molecule has 60 valence electrons. The van der Waals surface area contributed by atoms with Crippen molar-refractivity contribution in [2.45, 2.75) is 26.4 Å². The van der Waals surface area contributed by atoms with Crippen LogP contribution >= 0.6 is 0 Å². The fourth-order valence-electron chi connectivity index (χ4n) is 1.03. The Morgan fingerprint density at radius 2 is 1.82 bits per heavy atom. The molecule has 0 aliphatic heterocycles. The van der Waals surface area contributed by atoms with Crippen molar-refractivity contribution in [3.63, 3.8) is 0 Å². The van der Waals surface area contributed by atoms with E-state index in [1.165, 1.54) is 5.56 Å². The lowest BCUT2D eigenvalue weighted by Crippen LogP contribution is -1.90. The molecule has 0 saturated carbocycles. The second-order valence-electron chi connectivity index (χ2n) is 2.77. The van der Waals surface area contributed by atoms with E-state index < -0.39 is 0 Å². The average molecular weight is 150 g/mol. The van der Waals surface area contributed by atoms with Crippen LogP contribution in [0.25, 0.3) is 0 Å². The first kappa shape index (κ1) is 8.28. The van der Waals surface area contributed by atoms with Crippen molar-refractivity contribution in [3.05, 3.63) is 35.4 Å². The monoisotopic (exact) mass is 150 g/mol. The number of hydrogen-bond donors (Lipinski definition) is 1. The van der Waals surface area contributed by atoms with Gasteiger partial charge in [0.25, 0.3) is 0 Å². The van der Waals surface area contributed by atoms with E-state index in [0.29, 0.717) is 0 Å². The van der Waals surface area contributed by atoms with Gasteiger partial charge in [-0.15, -0.1) is 0 Å². The van der Waals surface area contributed by atoms with Crippen LogP contribution in [-0.4, -0.2) is 5.11 Å². The SMILES string of the molecule is CCc1ccc([C@H](C)O)cc1. The zero-order chi connectivity index (χ0) is 8.27. The van der Waals surface area contributed by atoms with E-state index in [9.17, 15) is 5.11 Å². The van der Waals surface area contributed by atoms with Gasteiger partial charge in [0.1, 0.15) is 0 Å². The Morgan fingerprint density at radius 3 is 2.18 bits per heavy atom. The first-order valence-corrected chi connectivity index (χ1v) is 4.01. The number of aliphatic hydroxyl groups is 1. The number of hydrogen-bond acceptors (Lipinski definition) is 1. The number of aryl methyl sites for hydroxylation is 1. The van der Waals surface area contributed by atoms with Gasteiger partial charge in [-0.3, -0.25) is 0 Å². The van der Waals surface area contributed by atoms with E-state index in [-0.39, 0.29) is 6.10 Å². The van der Waals surface area contributed by atoms with Crippen molar-refractivity contribution in [2.24, 2.45) is 0 Å². The largest absolute Gasteiger partial charge is 0.389 e. The van der Waals surface area contributed by atoms with Gasteiger partial charge in [0, 0.05) is 0 Å². The van der Waals surface area contributed by atoms with Crippen LogP contribution in [0.1, 0.15) is 31.1 Å². The third-order valence-electron chi connectivity index (χ3n) is 1.87. The highest BCUT2D eigenvalue weighted by Crippen LogP contribution is 2.12. The molecule has 0 saturated heterocycles. The Balaban J connectivity index is 2.83. The lowest BCUT2D eigenvalue weighted by molar-refractivity contribution is 0.199. The highest BCUT2D eigenvalue weighted by molar-refractivity contribution is 5.23. The first-order chi connectivity index (χ1) is 5.24. The summed E-state index contributed by atoms with van der Waals surface area (Å²) >= 11 is 0. The third-order valence-corrected chi connectivity index (χ3v) is 1.87. The molecule has 11 heavy (non-hydrogen) atoms. The van der Waals surface area contributed by atoms with Gasteiger partial charge >= 0.3 is 0 Å². The van der Waals surface area contributed by atoms with Crippen LogP contribution in [-0.2, 0) is 6.42 Å². The van der Waals surface area contributed by atoms with E-state index in [0.717, 1.165) is 12.0 Å². The number of rotatable bonds is 2. The normalized spacial score (nSPS) is 13.0. The van der Waals surface area contributed by atoms with Crippen LogP contribution < -0.4 is 0 Å². The molecule has 0 spiro atoms. The second kappa shape index (κ2) is 3.54. The summed E-state index contributed by atoms with van der Waals surface area (Å²) in [5.74, 6) is 0. The molecule has 0 heterocycles. The maximum atomic E-state index is 9.19. The van der Waals surface area contributed by atoms with Gasteiger partial charge in [0.15, 0.2) is 0 Å². The fraction of sp³-hybridized carbons (Fsp3) is 0.400. The molecule has 1 aromatic rings. The van der Waals surface area contributed by atoms with Crippen LogP contribution in [0.15, 0.2) is 24.3 Å². The van der Waals surface area contributed by atoms with Gasteiger partial charge in [-0.25, -0.2) is 0 Å². The van der Waals surface area contributed by atoms with E-state index in [1.54, 1.807) is 6.92 Å². The Hall–Kier alpha value is -0.820. The minimum atomic E-state index is -0.346. The fourth-order valence-corrected chi connectivity index (χ4v) is 1.03. The summed E-state index contributed by atoms with van der Waals surface area (Å²) in [4.78, 5) is 0. The smallest absolute Gasteiger partial charge is 0.0761 e. The summed E-state index contributed by atoms with van der Waals surface area (Å²) in [6, 6.07) is 8.07. The Labute approximate surface area is 67.7 Å². The number of benzene rings is 1. The van der Waals surface area contributed by atoms with Crippen molar-refractivity contribution >= 4 is 0 Å². The average Bonchev–Trinajstić information content (AvgIpc) is 2.05. The topological polar surface area (TPSA) is 20.2 Å². The van der Waals surface area contributed by atoms with E-state index in [2.05, 4.69) is 19.1 Å². The second-order valence-corrected chi connectivity index (χ2v) is 2.77. The summed E-state index contributed by atoms with van der Waals surface area (Å²) in [7, 11) is 0. The van der Waals surface area contributed by atoms with Crippen molar-refractivity contribution in [1.29, 1.82) is 0 Å². The van der Waals surface area contributed by atoms with Gasteiger partial charge in [0.05, 0.1) is 6.10 Å². The molecule has 0 radical (unpaired) electrons. The highest BCUT2D eigenvalue weighted by atomic mass is 16.3. The summed E-state index contributed by atoms with van der Waals surface area (Å²) in [5.41, 5.74) is 2.30.